The first kappa shape index (κ1) is 26.6. The minimum absolute atomic E-state index is 0.0470. The van der Waals surface area contributed by atoms with E-state index >= 15 is 0 Å². The van der Waals surface area contributed by atoms with E-state index in [2.05, 4.69) is 25.8 Å². The largest absolute Gasteiger partial charge is 0.368 e. The second-order valence-corrected chi connectivity index (χ2v) is 11.9. The molecular formula is C26H29F2N5O3S. The molecular weight excluding hydrogens is 500 g/mol. The van der Waals surface area contributed by atoms with Crippen LogP contribution in [-0.2, 0) is 15.3 Å². The van der Waals surface area contributed by atoms with E-state index in [9.17, 15) is 22.0 Å². The lowest BCUT2D eigenvalue weighted by atomic mass is 9.81. The number of halogens is 2. The van der Waals surface area contributed by atoms with Crippen LogP contribution in [0.3, 0.4) is 0 Å². The summed E-state index contributed by atoms with van der Waals surface area (Å²) >= 11 is 0. The summed E-state index contributed by atoms with van der Waals surface area (Å²) in [5.41, 5.74) is 0.846. The topological polar surface area (TPSA) is 114 Å². The average molecular weight is 530 g/mol. The number of hydrogen-bond donors (Lipinski definition) is 2. The van der Waals surface area contributed by atoms with Crippen molar-refractivity contribution < 1.29 is 22.0 Å². The first-order valence-electron chi connectivity index (χ1n) is 12.0. The lowest BCUT2D eigenvalue weighted by Gasteiger charge is -2.30. The highest BCUT2D eigenvalue weighted by Gasteiger charge is 2.33. The number of pyridine rings is 1. The molecule has 37 heavy (non-hydrogen) atoms. The zero-order valence-corrected chi connectivity index (χ0v) is 21.4. The number of aromatic nitrogens is 3. The minimum atomic E-state index is -3.10. The molecule has 1 aliphatic rings. The summed E-state index contributed by atoms with van der Waals surface area (Å²) in [6.07, 6.45) is 0.799. The molecule has 196 valence electrons. The average Bonchev–Trinajstić information content (AvgIpc) is 3.21. The van der Waals surface area contributed by atoms with E-state index in [0.29, 0.717) is 29.1 Å². The van der Waals surface area contributed by atoms with Gasteiger partial charge in [0.05, 0.1) is 29.1 Å². The molecule has 1 fully saturated rings. The first-order chi connectivity index (χ1) is 17.5. The molecule has 2 N–H and O–H groups in total. The predicted octanol–water partition coefficient (Wildman–Crippen LogP) is 3.71. The lowest BCUT2D eigenvalue weighted by Crippen LogP contribution is -2.35. The van der Waals surface area contributed by atoms with Crippen LogP contribution in [0.4, 0.5) is 14.6 Å². The van der Waals surface area contributed by atoms with Gasteiger partial charge in [-0.05, 0) is 56.2 Å². The molecule has 3 aromatic rings. The third-order valence-corrected chi connectivity index (χ3v) is 8.14. The van der Waals surface area contributed by atoms with Crippen LogP contribution in [-0.4, -0.2) is 59.8 Å². The molecule has 0 radical (unpaired) electrons. The monoisotopic (exact) mass is 529 g/mol. The number of hydrogen-bond acceptors (Lipinski definition) is 7. The summed E-state index contributed by atoms with van der Waals surface area (Å²) in [4.78, 5) is 16.8. The Morgan fingerprint density at radius 2 is 2.00 bits per heavy atom. The van der Waals surface area contributed by atoms with Gasteiger partial charge < -0.3 is 10.6 Å². The van der Waals surface area contributed by atoms with Crippen LogP contribution in [0, 0.1) is 5.82 Å². The molecule has 1 aromatic carbocycles. The second kappa shape index (κ2) is 10.9. The molecule has 3 heterocycles. The van der Waals surface area contributed by atoms with Gasteiger partial charge in [-0.25, -0.2) is 17.2 Å². The summed E-state index contributed by atoms with van der Waals surface area (Å²) in [6, 6.07) is 12.7. The standard InChI is InChI=1S/C26H29F2N5O3S/c1-17(27)14-26(2,24-21(28)7-4-11-29-24)16-30-23-9-8-22(32-33-23)18-5-3-6-19(13-18)25(34)31-20-10-12-37(35,36)15-20/h3-9,11,13,17,20H,10,12,14-16H2,1-2H3,(H,30,33)(H,31,34)/t17-,20?,26-/m0/s1. The molecule has 11 heteroatoms. The van der Waals surface area contributed by atoms with Crippen molar-refractivity contribution in [1.29, 1.82) is 0 Å². The number of nitrogens with one attached hydrogen (secondary N) is 2. The summed E-state index contributed by atoms with van der Waals surface area (Å²) in [5.74, 6) is -0.384. The van der Waals surface area contributed by atoms with Crippen LogP contribution in [0.5, 0.6) is 0 Å². The Kier molecular flexibility index (Phi) is 7.82. The number of carbonyl (C=O) groups is 1. The maximum Gasteiger partial charge on any atom is 0.251 e. The molecule has 0 spiro atoms. The minimum Gasteiger partial charge on any atom is -0.368 e. The number of benzene rings is 1. The Balaban J connectivity index is 1.44. The molecule has 0 aliphatic carbocycles. The highest BCUT2D eigenvalue weighted by Crippen LogP contribution is 2.31. The van der Waals surface area contributed by atoms with Crippen LogP contribution in [0.25, 0.3) is 11.3 Å². The van der Waals surface area contributed by atoms with Crippen molar-refractivity contribution in [3.05, 3.63) is 71.8 Å². The maximum atomic E-state index is 14.4. The fourth-order valence-electron chi connectivity index (χ4n) is 4.57. The molecule has 4 rings (SSSR count). The number of rotatable bonds is 9. The van der Waals surface area contributed by atoms with Gasteiger partial charge in [0, 0.05) is 35.3 Å². The first-order valence-corrected chi connectivity index (χ1v) is 13.8. The second-order valence-electron chi connectivity index (χ2n) is 9.69. The molecule has 1 unspecified atom stereocenters. The van der Waals surface area contributed by atoms with Gasteiger partial charge in [-0.15, -0.1) is 10.2 Å². The number of carbonyl (C=O) groups excluding carboxylic acids is 1. The van der Waals surface area contributed by atoms with Crippen molar-refractivity contribution in [2.45, 2.75) is 44.3 Å². The van der Waals surface area contributed by atoms with Gasteiger partial charge in [0.15, 0.2) is 9.84 Å². The molecule has 3 atom stereocenters. The van der Waals surface area contributed by atoms with Crippen LogP contribution in [0.1, 0.15) is 42.7 Å². The van der Waals surface area contributed by atoms with Crippen LogP contribution in [0.15, 0.2) is 54.7 Å². The van der Waals surface area contributed by atoms with Crippen molar-refractivity contribution in [1.82, 2.24) is 20.5 Å². The fraction of sp³-hybridized carbons (Fsp3) is 0.385. The molecule has 1 amide bonds. The van der Waals surface area contributed by atoms with E-state index in [4.69, 9.17) is 0 Å². The normalized spacial score (nSPS) is 19.1. The predicted molar refractivity (Wildman–Crippen MR) is 137 cm³/mol. The van der Waals surface area contributed by atoms with E-state index < -0.39 is 33.3 Å². The van der Waals surface area contributed by atoms with Crippen molar-refractivity contribution >= 4 is 21.6 Å². The Morgan fingerprint density at radius 1 is 1.19 bits per heavy atom. The van der Waals surface area contributed by atoms with Crippen LogP contribution >= 0.6 is 0 Å². The van der Waals surface area contributed by atoms with E-state index in [1.165, 1.54) is 25.3 Å². The van der Waals surface area contributed by atoms with Gasteiger partial charge in [-0.2, -0.15) is 0 Å². The van der Waals surface area contributed by atoms with Crippen molar-refractivity contribution in [2.75, 3.05) is 23.4 Å². The number of amides is 1. The molecule has 8 nitrogen and oxygen atoms in total. The highest BCUT2D eigenvalue weighted by molar-refractivity contribution is 7.91. The van der Waals surface area contributed by atoms with Gasteiger partial charge >= 0.3 is 0 Å². The molecule has 0 saturated carbocycles. The number of nitrogens with zero attached hydrogens (tertiary/aromatic N) is 3. The van der Waals surface area contributed by atoms with Gasteiger partial charge in [0.25, 0.3) is 5.91 Å². The fourth-order valence-corrected chi connectivity index (χ4v) is 6.24. The lowest BCUT2D eigenvalue weighted by molar-refractivity contribution is 0.0941. The smallest absolute Gasteiger partial charge is 0.251 e. The Bertz CT molecular complexity index is 1370. The van der Waals surface area contributed by atoms with Crippen molar-refractivity contribution in [3.8, 4) is 11.3 Å². The summed E-state index contributed by atoms with van der Waals surface area (Å²) < 4.78 is 51.7. The molecule has 1 aliphatic heterocycles. The Morgan fingerprint density at radius 3 is 2.65 bits per heavy atom. The van der Waals surface area contributed by atoms with E-state index in [1.54, 1.807) is 43.3 Å². The van der Waals surface area contributed by atoms with Crippen molar-refractivity contribution in [3.63, 3.8) is 0 Å². The SMILES string of the molecule is C[C@H](F)C[C@@](C)(CNc1ccc(-c2cccc(C(=O)NC3CCS(=O)(=O)C3)c2)nn1)c1ncccc1F. The van der Waals surface area contributed by atoms with Gasteiger partial charge in [0.1, 0.15) is 11.6 Å². The molecule has 1 saturated heterocycles. The third-order valence-electron chi connectivity index (χ3n) is 6.37. The quantitative estimate of drug-likeness (QED) is 0.434. The van der Waals surface area contributed by atoms with Crippen LogP contribution < -0.4 is 10.6 Å². The number of alkyl halides is 1. The number of sulfone groups is 1. The van der Waals surface area contributed by atoms with E-state index in [1.807, 2.05) is 0 Å². The Hall–Kier alpha value is -3.47. The van der Waals surface area contributed by atoms with E-state index in [-0.39, 0.29) is 36.1 Å². The van der Waals surface area contributed by atoms with Gasteiger partial charge in [-0.3, -0.25) is 9.78 Å². The summed E-state index contributed by atoms with van der Waals surface area (Å²) in [5, 5.41) is 14.3. The zero-order valence-electron chi connectivity index (χ0n) is 20.6. The van der Waals surface area contributed by atoms with Gasteiger partial charge in [0.2, 0.25) is 0 Å². The van der Waals surface area contributed by atoms with Gasteiger partial charge in [-0.1, -0.05) is 19.1 Å². The summed E-state index contributed by atoms with van der Waals surface area (Å²) in [7, 11) is -3.10. The highest BCUT2D eigenvalue weighted by atomic mass is 32.2. The number of anilines is 1. The van der Waals surface area contributed by atoms with E-state index in [0.717, 1.165) is 0 Å². The third kappa shape index (κ3) is 6.65. The summed E-state index contributed by atoms with van der Waals surface area (Å²) in [6.45, 7) is 3.37. The van der Waals surface area contributed by atoms with Crippen molar-refractivity contribution in [2.24, 2.45) is 0 Å². The molecule has 2 aromatic heterocycles. The maximum absolute atomic E-state index is 14.4. The van der Waals surface area contributed by atoms with Crippen LogP contribution in [0.2, 0.25) is 0 Å². The molecule has 0 bridgehead atoms. The zero-order chi connectivity index (χ0) is 26.6. The Labute approximate surface area is 214 Å².